The molecule has 1 amide bonds. The van der Waals surface area contributed by atoms with Gasteiger partial charge in [0.05, 0.1) is 6.10 Å². The van der Waals surface area contributed by atoms with Crippen LogP contribution < -0.4 is 16.2 Å². The first-order chi connectivity index (χ1) is 19.5. The molecule has 40 heavy (non-hydrogen) atoms. The highest BCUT2D eigenvalue weighted by Gasteiger charge is 2.25. The summed E-state index contributed by atoms with van der Waals surface area (Å²) in [6, 6.07) is 15.4. The molecule has 0 spiro atoms. The molecule has 0 bridgehead atoms. The number of amides is 1. The van der Waals surface area contributed by atoms with Gasteiger partial charge in [-0.2, -0.15) is 4.98 Å². The number of aliphatic hydroxyl groups is 1. The zero-order chi connectivity index (χ0) is 27.5. The fraction of sp³-hybridized carbons (Fsp3) is 0.400. The quantitative estimate of drug-likeness (QED) is 0.316. The number of carbonyl (C=O) groups is 1. The van der Waals surface area contributed by atoms with E-state index < -0.39 is 6.09 Å². The zero-order valence-corrected chi connectivity index (χ0v) is 22.4. The van der Waals surface area contributed by atoms with Gasteiger partial charge >= 0.3 is 6.09 Å². The molecule has 10 nitrogen and oxygen atoms in total. The lowest BCUT2D eigenvalue weighted by atomic mass is 9.92. The van der Waals surface area contributed by atoms with Gasteiger partial charge in [-0.05, 0) is 48.3 Å². The van der Waals surface area contributed by atoms with Crippen LogP contribution in [-0.2, 0) is 17.9 Å². The van der Waals surface area contributed by atoms with E-state index in [-0.39, 0.29) is 30.3 Å². The van der Waals surface area contributed by atoms with Gasteiger partial charge in [-0.15, -0.1) is 0 Å². The average molecular weight is 543 g/mol. The summed E-state index contributed by atoms with van der Waals surface area (Å²) in [4.78, 5) is 38.0. The smallest absolute Gasteiger partial charge is 0.414 e. The lowest BCUT2D eigenvalue weighted by molar-refractivity contribution is 0.111. The number of nitrogens with one attached hydrogen (secondary N) is 2. The lowest BCUT2D eigenvalue weighted by Crippen LogP contribution is -2.42. The summed E-state index contributed by atoms with van der Waals surface area (Å²) in [5.74, 6) is 0.0734. The van der Waals surface area contributed by atoms with Crippen LogP contribution in [0, 0.1) is 0 Å². The number of anilines is 1. The summed E-state index contributed by atoms with van der Waals surface area (Å²) in [6.07, 6.45) is 3.25. The molecule has 1 aliphatic heterocycles. The molecule has 10 heteroatoms. The zero-order valence-electron chi connectivity index (χ0n) is 22.4. The predicted octanol–water partition coefficient (Wildman–Crippen LogP) is 3.57. The monoisotopic (exact) mass is 542 g/mol. The van der Waals surface area contributed by atoms with Gasteiger partial charge in [0.2, 0.25) is 5.95 Å². The van der Waals surface area contributed by atoms with Crippen molar-refractivity contribution in [3.8, 4) is 0 Å². The number of aliphatic hydroxyl groups excluding tert-OH is 1. The number of ether oxygens (including phenoxy) is 1. The second-order valence-corrected chi connectivity index (χ2v) is 10.7. The van der Waals surface area contributed by atoms with Gasteiger partial charge in [0.1, 0.15) is 12.3 Å². The van der Waals surface area contributed by atoms with E-state index in [1.807, 2.05) is 42.5 Å². The molecule has 4 aromatic rings. The number of nitrogens with zero attached hydrogens (tertiary/aromatic N) is 4. The van der Waals surface area contributed by atoms with Crippen molar-refractivity contribution in [2.24, 2.45) is 0 Å². The van der Waals surface area contributed by atoms with Crippen molar-refractivity contribution in [3.63, 3.8) is 0 Å². The second kappa shape index (κ2) is 11.7. The van der Waals surface area contributed by atoms with Gasteiger partial charge in [0, 0.05) is 55.7 Å². The SMILES string of the molecule is O=C(Nc1ncc2c3ccc(CN4CCNCC4)cc3c(=O)n(C3CCC(O)CC3)c2n1)OCc1ccccc1. The van der Waals surface area contributed by atoms with Gasteiger partial charge in [-0.3, -0.25) is 19.6 Å². The Morgan fingerprint density at radius 3 is 2.55 bits per heavy atom. The van der Waals surface area contributed by atoms with E-state index in [2.05, 4.69) is 31.6 Å². The maximum Gasteiger partial charge on any atom is 0.414 e. The Morgan fingerprint density at radius 1 is 1.00 bits per heavy atom. The number of benzene rings is 2. The molecule has 2 aliphatic rings. The first kappa shape index (κ1) is 26.4. The van der Waals surface area contributed by atoms with Crippen LogP contribution in [0.25, 0.3) is 21.8 Å². The van der Waals surface area contributed by atoms with Crippen LogP contribution in [0.5, 0.6) is 0 Å². The average Bonchev–Trinajstić information content (AvgIpc) is 2.98. The third-order valence-electron chi connectivity index (χ3n) is 7.89. The third-order valence-corrected chi connectivity index (χ3v) is 7.89. The molecule has 2 fully saturated rings. The van der Waals surface area contributed by atoms with E-state index in [9.17, 15) is 14.7 Å². The Hall–Kier alpha value is -3.86. The van der Waals surface area contributed by atoms with Crippen LogP contribution in [0.4, 0.5) is 10.7 Å². The first-order valence-corrected chi connectivity index (χ1v) is 14.0. The summed E-state index contributed by atoms with van der Waals surface area (Å²) in [7, 11) is 0. The molecule has 3 heterocycles. The lowest BCUT2D eigenvalue weighted by Gasteiger charge is -2.29. The minimum Gasteiger partial charge on any atom is -0.444 e. The molecular formula is C30H34N6O4. The molecule has 3 N–H and O–H groups in total. The highest BCUT2D eigenvalue weighted by molar-refractivity contribution is 6.04. The normalized spacial score (nSPS) is 20.0. The highest BCUT2D eigenvalue weighted by Crippen LogP contribution is 2.32. The fourth-order valence-corrected chi connectivity index (χ4v) is 5.77. The molecule has 6 rings (SSSR count). The van der Waals surface area contributed by atoms with Crippen LogP contribution in [0.15, 0.2) is 59.5 Å². The molecular weight excluding hydrogens is 508 g/mol. The van der Waals surface area contributed by atoms with Crippen LogP contribution in [0.2, 0.25) is 0 Å². The molecule has 0 unspecified atom stereocenters. The van der Waals surface area contributed by atoms with Crippen molar-refractivity contribution in [2.45, 2.75) is 51.0 Å². The number of hydrogen-bond donors (Lipinski definition) is 3. The van der Waals surface area contributed by atoms with Crippen LogP contribution in [0.3, 0.4) is 0 Å². The Balaban J connectivity index is 1.35. The topological polar surface area (TPSA) is 122 Å². The summed E-state index contributed by atoms with van der Waals surface area (Å²) in [5.41, 5.74) is 2.33. The summed E-state index contributed by atoms with van der Waals surface area (Å²) < 4.78 is 7.09. The predicted molar refractivity (Wildman–Crippen MR) is 153 cm³/mol. The van der Waals surface area contributed by atoms with Gasteiger partial charge in [-0.1, -0.05) is 42.5 Å². The van der Waals surface area contributed by atoms with Crippen LogP contribution in [0.1, 0.15) is 42.9 Å². The maximum atomic E-state index is 14.1. The Labute approximate surface area is 232 Å². The molecule has 1 saturated heterocycles. The van der Waals surface area contributed by atoms with E-state index >= 15 is 0 Å². The molecule has 1 saturated carbocycles. The second-order valence-electron chi connectivity index (χ2n) is 10.7. The molecule has 1 aliphatic carbocycles. The maximum absolute atomic E-state index is 14.1. The van der Waals surface area contributed by atoms with E-state index in [4.69, 9.17) is 4.74 Å². The van der Waals surface area contributed by atoms with E-state index in [1.165, 1.54) is 0 Å². The van der Waals surface area contributed by atoms with Crippen LogP contribution >= 0.6 is 0 Å². The molecule has 208 valence electrons. The highest BCUT2D eigenvalue weighted by atomic mass is 16.5. The number of pyridine rings is 1. The Bertz CT molecular complexity index is 1560. The number of fused-ring (bicyclic) bond motifs is 3. The van der Waals surface area contributed by atoms with Gasteiger partial charge in [-0.25, -0.2) is 9.78 Å². The number of hydrogen-bond acceptors (Lipinski definition) is 8. The van der Waals surface area contributed by atoms with Crippen LogP contribution in [-0.4, -0.2) is 62.9 Å². The first-order valence-electron chi connectivity index (χ1n) is 14.0. The van der Waals surface area contributed by atoms with Crippen molar-refractivity contribution in [2.75, 3.05) is 31.5 Å². The number of piperazine rings is 1. The Kier molecular flexibility index (Phi) is 7.72. The number of rotatable bonds is 6. The Morgan fingerprint density at radius 2 is 1.77 bits per heavy atom. The molecule has 2 aromatic heterocycles. The van der Waals surface area contributed by atoms with E-state index in [1.54, 1.807) is 10.8 Å². The number of aromatic nitrogens is 3. The largest absolute Gasteiger partial charge is 0.444 e. The van der Waals surface area contributed by atoms with E-state index in [0.717, 1.165) is 54.6 Å². The van der Waals surface area contributed by atoms with Crippen molar-refractivity contribution >= 4 is 33.8 Å². The molecule has 2 aromatic carbocycles. The van der Waals surface area contributed by atoms with Crippen molar-refractivity contribution in [1.82, 2.24) is 24.8 Å². The third kappa shape index (κ3) is 5.70. The minimum absolute atomic E-state index is 0.0734. The standard InChI is InChI=1S/C30H34N6O4/c37-23-9-7-22(8-10-23)36-27-26(17-32-29(33-27)34-30(39)40-19-20-4-2-1-3-5-20)24-11-6-21(16-25(24)28(36)38)18-35-14-12-31-13-15-35/h1-6,11,16-17,22-23,31,37H,7-10,12-15,18-19H2,(H,32,33,34,39). The van der Waals surface area contributed by atoms with E-state index in [0.29, 0.717) is 36.7 Å². The summed E-state index contributed by atoms with van der Waals surface area (Å²) >= 11 is 0. The fourth-order valence-electron chi connectivity index (χ4n) is 5.77. The van der Waals surface area contributed by atoms with Gasteiger partial charge in [0.25, 0.3) is 5.56 Å². The summed E-state index contributed by atoms with van der Waals surface area (Å²) in [5, 5.41) is 18.3. The molecule has 0 radical (unpaired) electrons. The van der Waals surface area contributed by atoms with Crippen molar-refractivity contribution < 1.29 is 14.6 Å². The number of carbonyl (C=O) groups excluding carboxylic acids is 1. The van der Waals surface area contributed by atoms with Crippen molar-refractivity contribution in [3.05, 3.63) is 76.2 Å². The minimum atomic E-state index is -0.670. The van der Waals surface area contributed by atoms with Crippen molar-refractivity contribution in [1.29, 1.82) is 0 Å². The van der Waals surface area contributed by atoms with Gasteiger partial charge in [0.15, 0.2) is 0 Å². The van der Waals surface area contributed by atoms with Gasteiger partial charge < -0.3 is 15.2 Å². The molecule has 0 atom stereocenters. The summed E-state index contributed by atoms with van der Waals surface area (Å²) in [6.45, 7) is 4.78.